The fourth-order valence-corrected chi connectivity index (χ4v) is 4.48. The molecule has 0 unspecified atom stereocenters. The van der Waals surface area contributed by atoms with Crippen molar-refractivity contribution in [1.82, 2.24) is 14.7 Å². The Balaban J connectivity index is 1.74. The molecule has 2 aromatic rings. The summed E-state index contributed by atoms with van der Waals surface area (Å²) in [6.07, 6.45) is 6.50. The molecule has 0 N–H and O–H groups in total. The molecule has 0 bridgehead atoms. The third kappa shape index (κ3) is 1.97. The number of hydrogen-bond acceptors (Lipinski definition) is 2. The van der Waals surface area contributed by atoms with Crippen LogP contribution in [0.3, 0.4) is 0 Å². The Morgan fingerprint density at radius 3 is 2.70 bits per heavy atom. The summed E-state index contributed by atoms with van der Waals surface area (Å²) in [5, 5.41) is 4.25. The quantitative estimate of drug-likeness (QED) is 0.854. The van der Waals surface area contributed by atoms with Gasteiger partial charge >= 0.3 is 0 Å². The van der Waals surface area contributed by atoms with Crippen molar-refractivity contribution >= 4 is 5.91 Å². The highest BCUT2D eigenvalue weighted by atomic mass is 16.2. The Hall–Kier alpha value is -2.10. The lowest BCUT2D eigenvalue weighted by Crippen LogP contribution is -2.67. The van der Waals surface area contributed by atoms with Crippen LogP contribution in [0.2, 0.25) is 0 Å². The maximum atomic E-state index is 13.2. The molecule has 1 saturated heterocycles. The van der Waals surface area contributed by atoms with Gasteiger partial charge in [-0.15, -0.1) is 0 Å². The van der Waals surface area contributed by atoms with Crippen LogP contribution in [0.15, 0.2) is 36.5 Å². The Morgan fingerprint density at radius 2 is 2.04 bits per heavy atom. The van der Waals surface area contributed by atoms with Crippen molar-refractivity contribution in [1.29, 1.82) is 0 Å². The van der Waals surface area contributed by atoms with Crippen molar-refractivity contribution in [2.24, 2.45) is 13.0 Å². The Morgan fingerprint density at radius 1 is 1.26 bits per heavy atom. The van der Waals surface area contributed by atoms with Gasteiger partial charge in [-0.25, -0.2) is 0 Å². The number of hydrogen-bond donors (Lipinski definition) is 0. The number of benzene rings is 1. The molecule has 1 saturated carbocycles. The molecule has 1 aliphatic heterocycles. The second-order valence-electron chi connectivity index (χ2n) is 6.92. The summed E-state index contributed by atoms with van der Waals surface area (Å²) in [6.45, 7) is 2.84. The minimum absolute atomic E-state index is 0.0983. The number of nitrogens with zero attached hydrogens (tertiary/aromatic N) is 3. The van der Waals surface area contributed by atoms with Crippen LogP contribution in [0.1, 0.15) is 47.3 Å². The largest absolute Gasteiger partial charge is 0.328 e. The highest BCUT2D eigenvalue weighted by Crippen LogP contribution is 2.54. The molecule has 1 aromatic heterocycles. The highest BCUT2D eigenvalue weighted by Gasteiger charge is 2.57. The van der Waals surface area contributed by atoms with Gasteiger partial charge in [0.25, 0.3) is 5.91 Å². The molecule has 23 heavy (non-hydrogen) atoms. The molecule has 0 spiro atoms. The van der Waals surface area contributed by atoms with E-state index in [4.69, 9.17) is 0 Å². The summed E-state index contributed by atoms with van der Waals surface area (Å²) in [5.41, 5.74) is 2.88. The van der Waals surface area contributed by atoms with Gasteiger partial charge in [-0.1, -0.05) is 43.2 Å². The van der Waals surface area contributed by atoms with Gasteiger partial charge in [-0.3, -0.25) is 9.48 Å². The van der Waals surface area contributed by atoms with Crippen molar-refractivity contribution < 1.29 is 4.79 Å². The maximum Gasteiger partial charge on any atom is 0.258 e. The molecular formula is C19H23N3O. The van der Waals surface area contributed by atoms with Crippen LogP contribution >= 0.6 is 0 Å². The summed E-state index contributed by atoms with van der Waals surface area (Å²) in [7, 11) is 1.89. The van der Waals surface area contributed by atoms with E-state index in [1.165, 1.54) is 24.8 Å². The van der Waals surface area contributed by atoms with Crippen molar-refractivity contribution in [3.8, 4) is 0 Å². The molecule has 4 heteroatoms. The van der Waals surface area contributed by atoms with E-state index in [9.17, 15) is 4.79 Å². The SMILES string of the molecule is Cc1c(C(=O)N2C[C@H]3CCCC[C@@]32c2ccccc2)cnn1C. The molecule has 2 heterocycles. The van der Waals surface area contributed by atoms with E-state index in [-0.39, 0.29) is 11.4 Å². The summed E-state index contributed by atoms with van der Waals surface area (Å²) >= 11 is 0. The fraction of sp³-hybridized carbons (Fsp3) is 0.474. The number of rotatable bonds is 2. The average molecular weight is 309 g/mol. The van der Waals surface area contributed by atoms with Gasteiger partial charge in [0.05, 0.1) is 17.3 Å². The van der Waals surface area contributed by atoms with Crippen LogP contribution < -0.4 is 0 Å². The van der Waals surface area contributed by atoms with Gasteiger partial charge < -0.3 is 4.90 Å². The third-order valence-corrected chi connectivity index (χ3v) is 5.90. The predicted molar refractivity (Wildman–Crippen MR) is 89.1 cm³/mol. The van der Waals surface area contributed by atoms with Gasteiger partial charge in [0.15, 0.2) is 0 Å². The van der Waals surface area contributed by atoms with Crippen molar-refractivity contribution in [2.45, 2.75) is 38.1 Å². The fourth-order valence-electron chi connectivity index (χ4n) is 4.48. The number of likely N-dealkylation sites (tertiary alicyclic amines) is 1. The zero-order valence-electron chi connectivity index (χ0n) is 13.8. The van der Waals surface area contributed by atoms with E-state index in [1.54, 1.807) is 10.9 Å². The third-order valence-electron chi connectivity index (χ3n) is 5.90. The normalized spacial score (nSPS) is 26.5. The van der Waals surface area contributed by atoms with Crippen LogP contribution in [0.5, 0.6) is 0 Å². The molecule has 4 nitrogen and oxygen atoms in total. The van der Waals surface area contributed by atoms with Crippen LogP contribution in [-0.2, 0) is 12.6 Å². The minimum Gasteiger partial charge on any atom is -0.328 e. The molecular weight excluding hydrogens is 286 g/mol. The smallest absolute Gasteiger partial charge is 0.258 e. The first-order valence-corrected chi connectivity index (χ1v) is 8.50. The van der Waals surface area contributed by atoms with E-state index in [0.29, 0.717) is 5.92 Å². The molecule has 4 rings (SSSR count). The van der Waals surface area contributed by atoms with Crippen LogP contribution in [-0.4, -0.2) is 27.1 Å². The van der Waals surface area contributed by atoms with Gasteiger partial charge in [-0.05, 0) is 25.3 Å². The van der Waals surface area contributed by atoms with Gasteiger partial charge in [-0.2, -0.15) is 5.10 Å². The molecule has 2 atom stereocenters. The highest BCUT2D eigenvalue weighted by molar-refractivity contribution is 5.96. The van der Waals surface area contributed by atoms with Gasteiger partial charge in [0.2, 0.25) is 0 Å². The monoisotopic (exact) mass is 309 g/mol. The summed E-state index contributed by atoms with van der Waals surface area (Å²) in [4.78, 5) is 15.3. The number of amides is 1. The van der Waals surface area contributed by atoms with E-state index >= 15 is 0 Å². The molecule has 1 aromatic carbocycles. The second kappa shape index (κ2) is 5.22. The van der Waals surface area contributed by atoms with E-state index in [0.717, 1.165) is 24.2 Å². The lowest BCUT2D eigenvalue weighted by molar-refractivity contribution is -0.0869. The number of aryl methyl sites for hydroxylation is 1. The Labute approximate surface area is 137 Å². The van der Waals surface area contributed by atoms with Crippen molar-refractivity contribution in [3.63, 3.8) is 0 Å². The van der Waals surface area contributed by atoms with Crippen LogP contribution in [0, 0.1) is 12.8 Å². The maximum absolute atomic E-state index is 13.2. The molecule has 1 aliphatic carbocycles. The van der Waals surface area contributed by atoms with Gasteiger partial charge in [0.1, 0.15) is 0 Å². The molecule has 120 valence electrons. The standard InChI is InChI=1S/C19H23N3O/c1-14-17(12-20-21(14)2)18(23)22-13-16-10-6-7-11-19(16,22)15-8-4-3-5-9-15/h3-5,8-9,12,16H,6-7,10-11,13H2,1-2H3/t16-,19-/m1/s1. The zero-order chi connectivity index (χ0) is 16.0. The first-order valence-electron chi connectivity index (χ1n) is 8.50. The molecule has 1 amide bonds. The van der Waals surface area contributed by atoms with Gasteiger partial charge in [0, 0.05) is 25.2 Å². The first kappa shape index (κ1) is 14.5. The Kier molecular flexibility index (Phi) is 3.29. The van der Waals surface area contributed by atoms with Crippen LogP contribution in [0.25, 0.3) is 0 Å². The first-order chi connectivity index (χ1) is 11.1. The van der Waals surface area contributed by atoms with Crippen molar-refractivity contribution in [2.75, 3.05) is 6.54 Å². The topological polar surface area (TPSA) is 38.1 Å². The number of carbonyl (C=O) groups excluding carboxylic acids is 1. The zero-order valence-corrected chi connectivity index (χ0v) is 13.8. The Bertz CT molecular complexity index is 736. The summed E-state index contributed by atoms with van der Waals surface area (Å²) in [5.74, 6) is 0.734. The molecule has 2 aliphatic rings. The van der Waals surface area contributed by atoms with E-state index in [1.807, 2.05) is 20.0 Å². The number of fused-ring (bicyclic) bond motifs is 1. The lowest BCUT2D eigenvalue weighted by atomic mass is 9.61. The van der Waals surface area contributed by atoms with E-state index < -0.39 is 0 Å². The van der Waals surface area contributed by atoms with E-state index in [2.05, 4.69) is 34.3 Å². The lowest BCUT2D eigenvalue weighted by Gasteiger charge is -2.61. The summed E-state index contributed by atoms with van der Waals surface area (Å²) < 4.78 is 1.78. The minimum atomic E-state index is -0.0983. The number of carbonyl (C=O) groups is 1. The number of aromatic nitrogens is 2. The molecule has 0 radical (unpaired) electrons. The van der Waals surface area contributed by atoms with Crippen LogP contribution in [0.4, 0.5) is 0 Å². The van der Waals surface area contributed by atoms with Crippen molar-refractivity contribution in [3.05, 3.63) is 53.3 Å². The predicted octanol–water partition coefficient (Wildman–Crippen LogP) is 3.27. The second-order valence-corrected chi connectivity index (χ2v) is 6.92. The average Bonchev–Trinajstić information content (AvgIpc) is 2.89. The molecule has 2 fully saturated rings. The summed E-state index contributed by atoms with van der Waals surface area (Å²) in [6, 6.07) is 10.6.